The zero-order valence-corrected chi connectivity index (χ0v) is 19.3. The molecule has 0 unspecified atom stereocenters. The third kappa shape index (κ3) is 4.60. The van der Waals surface area contributed by atoms with Gasteiger partial charge in [-0.05, 0) is 49.6 Å². The fraction of sp³-hybridized carbons (Fsp3) is 0.259. The van der Waals surface area contributed by atoms with Crippen molar-refractivity contribution in [2.24, 2.45) is 0 Å². The van der Waals surface area contributed by atoms with Crippen LogP contribution in [0.2, 0.25) is 5.02 Å². The summed E-state index contributed by atoms with van der Waals surface area (Å²) in [6.45, 7) is 2.45. The summed E-state index contributed by atoms with van der Waals surface area (Å²) in [6.07, 6.45) is 6.62. The van der Waals surface area contributed by atoms with E-state index >= 15 is 0 Å². The van der Waals surface area contributed by atoms with Gasteiger partial charge in [-0.1, -0.05) is 66.4 Å². The van der Waals surface area contributed by atoms with E-state index in [4.69, 9.17) is 21.0 Å². The quantitative estimate of drug-likeness (QED) is 0.344. The Morgan fingerprint density at radius 2 is 1.91 bits per heavy atom. The molecular weight excluding hydrogens is 434 g/mol. The molecule has 4 aromatic rings. The van der Waals surface area contributed by atoms with Crippen molar-refractivity contribution in [3.05, 3.63) is 88.9 Å². The van der Waals surface area contributed by atoms with Gasteiger partial charge in [-0.2, -0.15) is 0 Å². The molecule has 0 atom stereocenters. The number of imidazole rings is 1. The van der Waals surface area contributed by atoms with Crippen LogP contribution >= 0.6 is 11.6 Å². The maximum absolute atomic E-state index is 12.8. The molecule has 168 valence electrons. The molecule has 5 nitrogen and oxygen atoms in total. The van der Waals surface area contributed by atoms with Crippen molar-refractivity contribution >= 4 is 17.5 Å². The van der Waals surface area contributed by atoms with E-state index in [-0.39, 0.29) is 11.7 Å². The Kier molecular flexibility index (Phi) is 6.05. The first-order valence-electron chi connectivity index (χ1n) is 11.4. The first kappa shape index (κ1) is 21.5. The minimum atomic E-state index is -0.259. The lowest BCUT2D eigenvalue weighted by Crippen LogP contribution is -2.22. The predicted octanol–water partition coefficient (Wildman–Crippen LogP) is 6.82. The second kappa shape index (κ2) is 9.28. The van der Waals surface area contributed by atoms with Crippen LogP contribution in [-0.2, 0) is 6.54 Å². The predicted molar refractivity (Wildman–Crippen MR) is 130 cm³/mol. The second-order valence-electron chi connectivity index (χ2n) is 8.63. The molecule has 33 heavy (non-hydrogen) atoms. The van der Waals surface area contributed by atoms with E-state index in [1.807, 2.05) is 36.7 Å². The van der Waals surface area contributed by atoms with E-state index in [1.165, 1.54) is 18.4 Å². The zero-order chi connectivity index (χ0) is 22.8. The number of carbonyl (C=O) groups excluding carboxylic acids is 1. The Morgan fingerprint density at radius 1 is 1.12 bits per heavy atom. The molecule has 1 aliphatic carbocycles. The molecule has 2 heterocycles. The molecule has 0 bridgehead atoms. The van der Waals surface area contributed by atoms with Crippen LogP contribution in [0.4, 0.5) is 0 Å². The van der Waals surface area contributed by atoms with Crippen molar-refractivity contribution in [1.29, 1.82) is 0 Å². The first-order chi connectivity index (χ1) is 16.1. The average molecular weight is 460 g/mol. The highest BCUT2D eigenvalue weighted by Crippen LogP contribution is 2.39. The monoisotopic (exact) mass is 459 g/mol. The van der Waals surface area contributed by atoms with Crippen LogP contribution in [-0.4, -0.2) is 15.5 Å². The van der Waals surface area contributed by atoms with E-state index in [0.29, 0.717) is 23.4 Å². The van der Waals surface area contributed by atoms with Crippen LogP contribution in [0, 0.1) is 6.92 Å². The maximum atomic E-state index is 12.8. The fourth-order valence-electron chi connectivity index (χ4n) is 4.49. The lowest BCUT2D eigenvalue weighted by Gasteiger charge is -2.15. The van der Waals surface area contributed by atoms with Gasteiger partial charge in [0.2, 0.25) is 0 Å². The maximum Gasteiger partial charge on any atom is 0.287 e. The van der Waals surface area contributed by atoms with Crippen LogP contribution in [0.15, 0.2) is 71.4 Å². The minimum Gasteiger partial charge on any atom is -0.449 e. The summed E-state index contributed by atoms with van der Waals surface area (Å²) in [5.41, 5.74) is 4.98. The summed E-state index contributed by atoms with van der Waals surface area (Å²) in [5, 5.41) is 3.55. The van der Waals surface area contributed by atoms with Crippen molar-refractivity contribution in [1.82, 2.24) is 14.9 Å². The Morgan fingerprint density at radius 3 is 2.67 bits per heavy atom. The molecule has 0 spiro atoms. The third-order valence-corrected chi connectivity index (χ3v) is 6.48. The summed E-state index contributed by atoms with van der Waals surface area (Å²) in [4.78, 5) is 17.5. The number of furan rings is 1. The molecule has 6 heteroatoms. The van der Waals surface area contributed by atoms with E-state index < -0.39 is 0 Å². The zero-order valence-electron chi connectivity index (χ0n) is 18.6. The highest BCUT2D eigenvalue weighted by Gasteiger charge is 2.25. The number of rotatable bonds is 6. The molecule has 1 amide bonds. The van der Waals surface area contributed by atoms with Crippen molar-refractivity contribution < 1.29 is 9.21 Å². The summed E-state index contributed by atoms with van der Waals surface area (Å²) < 4.78 is 8.32. The number of carbonyl (C=O) groups is 1. The number of nitrogens with one attached hydrogen (secondary N) is 1. The van der Waals surface area contributed by atoms with Crippen molar-refractivity contribution in [2.45, 2.75) is 45.2 Å². The normalized spacial score (nSPS) is 14.0. The molecule has 0 saturated heterocycles. The van der Waals surface area contributed by atoms with Gasteiger partial charge >= 0.3 is 0 Å². The van der Waals surface area contributed by atoms with Gasteiger partial charge in [-0.15, -0.1) is 0 Å². The minimum absolute atomic E-state index is 0.259. The van der Waals surface area contributed by atoms with Crippen LogP contribution < -0.4 is 5.32 Å². The molecule has 0 aliphatic heterocycles. The van der Waals surface area contributed by atoms with Crippen LogP contribution in [0.1, 0.15) is 53.4 Å². The molecule has 1 fully saturated rings. The summed E-state index contributed by atoms with van der Waals surface area (Å²) >= 11 is 6.04. The Bertz CT molecular complexity index is 1270. The number of benzene rings is 2. The molecule has 1 aliphatic rings. The smallest absolute Gasteiger partial charge is 0.287 e. The highest BCUT2D eigenvalue weighted by molar-refractivity contribution is 6.30. The number of hydrogen-bond acceptors (Lipinski definition) is 3. The number of nitrogens with zero attached hydrogens (tertiary/aromatic N) is 2. The number of aryl methyl sites for hydroxylation is 1. The van der Waals surface area contributed by atoms with Gasteiger partial charge in [0, 0.05) is 23.2 Å². The van der Waals surface area contributed by atoms with E-state index in [1.54, 1.807) is 6.07 Å². The largest absolute Gasteiger partial charge is 0.449 e. The topological polar surface area (TPSA) is 60.1 Å². The van der Waals surface area contributed by atoms with Crippen LogP contribution in [0.3, 0.4) is 0 Å². The molecule has 0 radical (unpaired) electrons. The number of aromatic nitrogens is 2. The van der Waals surface area contributed by atoms with Gasteiger partial charge in [0.25, 0.3) is 5.91 Å². The van der Waals surface area contributed by atoms with Gasteiger partial charge in [0.1, 0.15) is 5.69 Å². The average Bonchev–Trinajstić information content (AvgIpc) is 3.58. The Hall–Kier alpha value is -3.31. The summed E-state index contributed by atoms with van der Waals surface area (Å²) in [5.74, 6) is 0.675. The Labute approximate surface area is 198 Å². The van der Waals surface area contributed by atoms with Gasteiger partial charge < -0.3 is 14.3 Å². The molecule has 5 rings (SSSR count). The number of amides is 1. The second-order valence-corrected chi connectivity index (χ2v) is 9.07. The SMILES string of the molecule is Cc1ccc(-c2ncn(C3CCCC3)c2-c2ccc(C(=O)NCc3cccc(Cl)c3)o2)cc1. The van der Waals surface area contributed by atoms with Gasteiger partial charge in [-0.3, -0.25) is 4.79 Å². The number of hydrogen-bond donors (Lipinski definition) is 1. The molecule has 1 N–H and O–H groups in total. The number of halogens is 1. The standard InChI is InChI=1S/C27H26ClN3O2/c1-18-9-11-20(12-10-18)25-26(31(17-30-25)22-7-2-3-8-22)23-13-14-24(33-23)27(32)29-16-19-5-4-6-21(28)15-19/h4-6,9-15,17,22H,2-3,7-8,16H2,1H3,(H,29,32). The van der Waals surface area contributed by atoms with Gasteiger partial charge in [0.15, 0.2) is 11.5 Å². The fourth-order valence-corrected chi connectivity index (χ4v) is 4.70. The van der Waals surface area contributed by atoms with E-state index in [2.05, 4.69) is 41.1 Å². The molecule has 2 aromatic carbocycles. The Balaban J connectivity index is 1.44. The van der Waals surface area contributed by atoms with Crippen LogP contribution in [0.25, 0.3) is 22.7 Å². The van der Waals surface area contributed by atoms with E-state index in [9.17, 15) is 4.79 Å². The van der Waals surface area contributed by atoms with Gasteiger partial charge in [0.05, 0.1) is 12.0 Å². The van der Waals surface area contributed by atoms with Crippen LogP contribution in [0.5, 0.6) is 0 Å². The van der Waals surface area contributed by atoms with Crippen molar-refractivity contribution in [2.75, 3.05) is 0 Å². The van der Waals surface area contributed by atoms with Crippen molar-refractivity contribution in [3.63, 3.8) is 0 Å². The van der Waals surface area contributed by atoms with E-state index in [0.717, 1.165) is 35.4 Å². The lowest BCUT2D eigenvalue weighted by atomic mass is 10.1. The molecular formula is C27H26ClN3O2. The lowest BCUT2D eigenvalue weighted by molar-refractivity contribution is 0.0924. The van der Waals surface area contributed by atoms with Gasteiger partial charge in [-0.25, -0.2) is 4.98 Å². The highest BCUT2D eigenvalue weighted by atomic mass is 35.5. The summed E-state index contributed by atoms with van der Waals surface area (Å²) in [6, 6.07) is 19.8. The molecule has 2 aromatic heterocycles. The third-order valence-electron chi connectivity index (χ3n) is 6.24. The van der Waals surface area contributed by atoms with Crippen molar-refractivity contribution in [3.8, 4) is 22.7 Å². The summed E-state index contributed by atoms with van der Waals surface area (Å²) in [7, 11) is 0. The molecule has 1 saturated carbocycles. The first-order valence-corrected chi connectivity index (χ1v) is 11.7.